The van der Waals surface area contributed by atoms with Crippen molar-refractivity contribution in [3.05, 3.63) is 95.0 Å². The maximum absolute atomic E-state index is 13.1. The Morgan fingerprint density at radius 3 is 1.96 bits per heavy atom. The van der Waals surface area contributed by atoms with Crippen LogP contribution in [0.25, 0.3) is 0 Å². The summed E-state index contributed by atoms with van der Waals surface area (Å²) in [7, 11) is 1.52. The maximum atomic E-state index is 13.1. The van der Waals surface area contributed by atoms with Gasteiger partial charge in [0.25, 0.3) is 5.91 Å². The number of nitrogens with one attached hydrogen (secondary N) is 1. The van der Waals surface area contributed by atoms with Crippen LogP contribution in [-0.2, 0) is 10.4 Å². The van der Waals surface area contributed by atoms with Gasteiger partial charge < -0.3 is 15.2 Å². The molecule has 0 atom stereocenters. The van der Waals surface area contributed by atoms with Crippen LogP contribution in [0.15, 0.2) is 78.9 Å². The van der Waals surface area contributed by atoms with Crippen LogP contribution in [-0.4, -0.2) is 18.1 Å². The second-order valence-corrected chi connectivity index (χ2v) is 6.15. The normalized spacial score (nSPS) is 11.0. The number of ether oxygens (including phenoxy) is 1. The first-order valence-electron chi connectivity index (χ1n) is 8.04. The van der Waals surface area contributed by atoms with Gasteiger partial charge in [-0.15, -0.1) is 0 Å². The Bertz CT molecular complexity index is 858. The van der Waals surface area contributed by atoms with E-state index in [9.17, 15) is 9.90 Å². The zero-order chi connectivity index (χ0) is 18.6. The summed E-state index contributed by atoms with van der Waals surface area (Å²) in [6.45, 7) is 0. The van der Waals surface area contributed by atoms with Gasteiger partial charge in [-0.25, -0.2) is 0 Å². The van der Waals surface area contributed by atoms with E-state index in [0.717, 1.165) is 0 Å². The largest absolute Gasteiger partial charge is 0.495 e. The molecule has 0 bridgehead atoms. The van der Waals surface area contributed by atoms with Gasteiger partial charge in [0, 0.05) is 5.69 Å². The van der Waals surface area contributed by atoms with Crippen LogP contribution in [0.4, 0.5) is 5.69 Å². The van der Waals surface area contributed by atoms with Gasteiger partial charge in [0.15, 0.2) is 5.60 Å². The Hall–Kier alpha value is -2.82. The average Bonchev–Trinajstić information content (AvgIpc) is 2.69. The van der Waals surface area contributed by atoms with E-state index in [2.05, 4.69) is 5.32 Å². The number of methoxy groups -OCH3 is 1. The first-order chi connectivity index (χ1) is 12.6. The van der Waals surface area contributed by atoms with E-state index in [1.54, 1.807) is 66.7 Å². The van der Waals surface area contributed by atoms with Crippen molar-refractivity contribution in [2.24, 2.45) is 0 Å². The number of amides is 1. The van der Waals surface area contributed by atoms with Crippen molar-refractivity contribution < 1.29 is 14.6 Å². The summed E-state index contributed by atoms with van der Waals surface area (Å²) in [5, 5.41) is 14.5. The Morgan fingerprint density at radius 1 is 0.962 bits per heavy atom. The van der Waals surface area contributed by atoms with Gasteiger partial charge in [-0.05, 0) is 29.3 Å². The molecule has 26 heavy (non-hydrogen) atoms. The fraction of sp³-hybridized carbons (Fsp3) is 0.0952. The van der Waals surface area contributed by atoms with Crippen molar-refractivity contribution in [2.75, 3.05) is 12.4 Å². The Kier molecular flexibility index (Phi) is 5.26. The fourth-order valence-electron chi connectivity index (χ4n) is 2.75. The van der Waals surface area contributed by atoms with E-state index in [1.165, 1.54) is 7.11 Å². The molecule has 1 amide bonds. The molecule has 132 valence electrons. The Labute approximate surface area is 157 Å². The van der Waals surface area contributed by atoms with Crippen molar-refractivity contribution in [1.29, 1.82) is 0 Å². The van der Waals surface area contributed by atoms with Crippen molar-refractivity contribution in [1.82, 2.24) is 0 Å². The smallest absolute Gasteiger partial charge is 0.265 e. The Balaban J connectivity index is 2.00. The summed E-state index contributed by atoms with van der Waals surface area (Å²) < 4.78 is 5.12. The zero-order valence-corrected chi connectivity index (χ0v) is 14.9. The highest BCUT2D eigenvalue weighted by atomic mass is 35.5. The van der Waals surface area contributed by atoms with Crippen molar-refractivity contribution >= 4 is 23.2 Å². The summed E-state index contributed by atoms with van der Waals surface area (Å²) in [6, 6.07) is 22.5. The highest BCUT2D eigenvalue weighted by Crippen LogP contribution is 2.32. The molecule has 2 N–H and O–H groups in total. The molecule has 4 nitrogen and oxygen atoms in total. The third kappa shape index (κ3) is 3.43. The average molecular weight is 368 g/mol. The molecule has 0 aliphatic heterocycles. The van der Waals surface area contributed by atoms with E-state index < -0.39 is 11.5 Å². The van der Waals surface area contributed by atoms with Crippen LogP contribution in [0, 0.1) is 0 Å². The van der Waals surface area contributed by atoms with Gasteiger partial charge in [-0.1, -0.05) is 72.3 Å². The van der Waals surface area contributed by atoms with Crippen molar-refractivity contribution in [3.63, 3.8) is 0 Å². The number of hydrogen-bond acceptors (Lipinski definition) is 3. The topological polar surface area (TPSA) is 58.6 Å². The number of halogens is 1. The van der Waals surface area contributed by atoms with Crippen LogP contribution in [0.2, 0.25) is 5.02 Å². The molecule has 0 unspecified atom stereocenters. The molecule has 3 aromatic rings. The molecule has 5 heteroatoms. The third-order valence-corrected chi connectivity index (χ3v) is 4.42. The standard InChI is InChI=1S/C21H18ClNO3/c1-26-19-13-12-17(14-18(19)22)23-20(24)21(25,15-8-4-2-5-9-15)16-10-6-3-7-11-16/h2-14,25H,1H3,(H,23,24). The molecular weight excluding hydrogens is 350 g/mol. The fourth-order valence-corrected chi connectivity index (χ4v) is 3.01. The monoisotopic (exact) mass is 367 g/mol. The van der Waals surface area contributed by atoms with Crippen LogP contribution < -0.4 is 10.1 Å². The van der Waals surface area contributed by atoms with E-state index in [-0.39, 0.29) is 0 Å². The predicted octanol–water partition coefficient (Wildman–Crippen LogP) is 4.22. The minimum Gasteiger partial charge on any atom is -0.495 e. The van der Waals surface area contributed by atoms with Crippen molar-refractivity contribution in [2.45, 2.75) is 5.60 Å². The highest BCUT2D eigenvalue weighted by Gasteiger charge is 2.39. The minimum absolute atomic E-state index is 0.369. The lowest BCUT2D eigenvalue weighted by Crippen LogP contribution is -2.41. The van der Waals surface area contributed by atoms with Crippen molar-refractivity contribution in [3.8, 4) is 5.75 Å². The van der Waals surface area contributed by atoms with Gasteiger partial charge in [0.2, 0.25) is 0 Å². The Morgan fingerprint density at radius 2 is 1.50 bits per heavy atom. The lowest BCUT2D eigenvalue weighted by atomic mass is 9.85. The van der Waals surface area contributed by atoms with Crippen LogP contribution in [0.5, 0.6) is 5.75 Å². The second-order valence-electron chi connectivity index (χ2n) is 5.75. The number of carbonyl (C=O) groups is 1. The first-order valence-corrected chi connectivity index (χ1v) is 8.42. The van der Waals surface area contributed by atoms with E-state index >= 15 is 0 Å². The zero-order valence-electron chi connectivity index (χ0n) is 14.1. The van der Waals surface area contributed by atoms with Crippen LogP contribution in [0.1, 0.15) is 11.1 Å². The molecule has 0 aromatic heterocycles. The summed E-state index contributed by atoms with van der Waals surface area (Å²) >= 11 is 6.12. The maximum Gasteiger partial charge on any atom is 0.265 e. The molecule has 0 aliphatic rings. The summed E-state index contributed by atoms with van der Waals surface area (Å²) in [6.07, 6.45) is 0. The van der Waals surface area contributed by atoms with E-state index in [0.29, 0.717) is 27.6 Å². The lowest BCUT2D eigenvalue weighted by Gasteiger charge is -2.28. The van der Waals surface area contributed by atoms with E-state index in [4.69, 9.17) is 16.3 Å². The molecule has 0 spiro atoms. The molecule has 0 aliphatic carbocycles. The summed E-state index contributed by atoms with van der Waals surface area (Å²) in [5.41, 5.74) is -0.424. The highest BCUT2D eigenvalue weighted by molar-refractivity contribution is 6.32. The first kappa shape index (κ1) is 18.0. The molecule has 0 saturated heterocycles. The van der Waals surface area contributed by atoms with Gasteiger partial charge in [-0.3, -0.25) is 4.79 Å². The quantitative estimate of drug-likeness (QED) is 0.709. The number of anilines is 1. The summed E-state index contributed by atoms with van der Waals surface area (Å²) in [5.74, 6) is -0.0674. The minimum atomic E-state index is -1.84. The molecule has 0 saturated carbocycles. The lowest BCUT2D eigenvalue weighted by molar-refractivity contribution is -0.131. The second kappa shape index (κ2) is 7.60. The number of aliphatic hydroxyl groups is 1. The van der Waals surface area contributed by atoms with Gasteiger partial charge in [0.1, 0.15) is 5.75 Å². The van der Waals surface area contributed by atoms with Gasteiger partial charge in [0.05, 0.1) is 12.1 Å². The molecule has 3 rings (SSSR count). The molecule has 3 aromatic carbocycles. The molecule has 0 heterocycles. The molecular formula is C21H18ClNO3. The SMILES string of the molecule is COc1ccc(NC(=O)C(O)(c2ccccc2)c2ccccc2)cc1Cl. The predicted molar refractivity (Wildman–Crippen MR) is 103 cm³/mol. The van der Waals surface area contributed by atoms with E-state index in [1.807, 2.05) is 12.1 Å². The molecule has 0 fully saturated rings. The van der Waals surface area contributed by atoms with Crippen LogP contribution in [0.3, 0.4) is 0 Å². The number of benzene rings is 3. The summed E-state index contributed by atoms with van der Waals surface area (Å²) in [4.78, 5) is 13.1. The van der Waals surface area contributed by atoms with Gasteiger partial charge in [-0.2, -0.15) is 0 Å². The van der Waals surface area contributed by atoms with Crippen LogP contribution >= 0.6 is 11.6 Å². The van der Waals surface area contributed by atoms with Gasteiger partial charge >= 0.3 is 0 Å². The number of rotatable bonds is 5. The number of hydrogen-bond donors (Lipinski definition) is 2. The molecule has 0 radical (unpaired) electrons. The third-order valence-electron chi connectivity index (χ3n) is 4.12. The number of carbonyl (C=O) groups excluding carboxylic acids is 1.